The average Bonchev–Trinajstić information content (AvgIpc) is 2.83. The molecule has 106 valence electrons. The highest BCUT2D eigenvalue weighted by Crippen LogP contribution is 2.27. The third kappa shape index (κ3) is 3.18. The van der Waals surface area contributed by atoms with Crippen molar-refractivity contribution in [1.29, 1.82) is 0 Å². The Morgan fingerprint density at radius 3 is 2.80 bits per heavy atom. The molecule has 0 saturated carbocycles. The third-order valence-electron chi connectivity index (χ3n) is 3.01. The van der Waals surface area contributed by atoms with E-state index in [9.17, 15) is 9.90 Å². The van der Waals surface area contributed by atoms with E-state index >= 15 is 0 Å². The van der Waals surface area contributed by atoms with Crippen LogP contribution in [0.15, 0.2) is 36.7 Å². The zero-order valence-electron chi connectivity index (χ0n) is 11.3. The van der Waals surface area contributed by atoms with Gasteiger partial charge in [-0.25, -0.2) is 0 Å². The Morgan fingerprint density at radius 1 is 1.50 bits per heavy atom. The molecule has 0 spiro atoms. The highest BCUT2D eigenvalue weighted by Gasteiger charge is 2.26. The maximum atomic E-state index is 11.9. The normalized spacial score (nSPS) is 13.8. The van der Waals surface area contributed by atoms with Crippen molar-refractivity contribution in [2.75, 3.05) is 6.54 Å². The topological polar surface area (TPSA) is 67.2 Å². The summed E-state index contributed by atoms with van der Waals surface area (Å²) in [6, 6.07) is 7.02. The summed E-state index contributed by atoms with van der Waals surface area (Å²) in [5, 5.41) is 17.5. The number of halogens is 1. The lowest BCUT2D eigenvalue weighted by Crippen LogP contribution is -2.38. The van der Waals surface area contributed by atoms with Gasteiger partial charge in [-0.15, -0.1) is 0 Å². The maximum Gasteiger partial charge on any atom is 0.254 e. The smallest absolute Gasteiger partial charge is 0.254 e. The van der Waals surface area contributed by atoms with Crippen molar-refractivity contribution in [2.24, 2.45) is 7.05 Å². The first-order valence-electron chi connectivity index (χ1n) is 6.14. The Kier molecular flexibility index (Phi) is 4.11. The summed E-state index contributed by atoms with van der Waals surface area (Å²) in [5.41, 5.74) is -0.216. The summed E-state index contributed by atoms with van der Waals surface area (Å²) in [4.78, 5) is 11.9. The molecule has 0 bridgehead atoms. The van der Waals surface area contributed by atoms with Crippen LogP contribution in [0.3, 0.4) is 0 Å². The molecule has 2 rings (SSSR count). The van der Waals surface area contributed by atoms with E-state index in [1.807, 2.05) is 0 Å². The predicted molar refractivity (Wildman–Crippen MR) is 76.6 cm³/mol. The van der Waals surface area contributed by atoms with Crippen molar-refractivity contribution in [1.82, 2.24) is 15.1 Å². The van der Waals surface area contributed by atoms with Crippen LogP contribution in [-0.4, -0.2) is 27.3 Å². The number of aliphatic hydroxyl groups is 1. The molecule has 20 heavy (non-hydrogen) atoms. The van der Waals surface area contributed by atoms with Crippen molar-refractivity contribution in [3.63, 3.8) is 0 Å². The van der Waals surface area contributed by atoms with E-state index in [2.05, 4.69) is 10.4 Å². The minimum atomic E-state index is -1.24. The van der Waals surface area contributed by atoms with Crippen molar-refractivity contribution in [3.05, 3.63) is 52.8 Å². The molecule has 0 aliphatic carbocycles. The van der Waals surface area contributed by atoms with Crippen molar-refractivity contribution >= 4 is 17.5 Å². The fourth-order valence-electron chi connectivity index (χ4n) is 1.89. The van der Waals surface area contributed by atoms with Crippen molar-refractivity contribution in [2.45, 2.75) is 12.5 Å². The Labute approximate surface area is 122 Å². The van der Waals surface area contributed by atoms with E-state index in [0.29, 0.717) is 16.1 Å². The van der Waals surface area contributed by atoms with Crippen LogP contribution in [0.1, 0.15) is 22.8 Å². The Hall–Kier alpha value is -1.85. The van der Waals surface area contributed by atoms with Gasteiger partial charge in [-0.3, -0.25) is 9.48 Å². The average molecular weight is 294 g/mol. The number of benzene rings is 1. The fourth-order valence-corrected chi connectivity index (χ4v) is 2.23. The Bertz CT molecular complexity index is 622. The van der Waals surface area contributed by atoms with Crippen LogP contribution in [-0.2, 0) is 12.6 Å². The summed E-state index contributed by atoms with van der Waals surface area (Å²) >= 11 is 6.06. The lowest BCUT2D eigenvalue weighted by Gasteiger charge is -2.25. The summed E-state index contributed by atoms with van der Waals surface area (Å²) in [6.45, 7) is 1.67. The van der Waals surface area contributed by atoms with E-state index < -0.39 is 5.60 Å². The van der Waals surface area contributed by atoms with Gasteiger partial charge in [-0.2, -0.15) is 5.10 Å². The zero-order valence-corrected chi connectivity index (χ0v) is 12.1. The highest BCUT2D eigenvalue weighted by atomic mass is 35.5. The minimum Gasteiger partial charge on any atom is -0.384 e. The van der Waals surface area contributed by atoms with Crippen LogP contribution in [0.25, 0.3) is 0 Å². The number of hydrogen-bond donors (Lipinski definition) is 2. The van der Waals surface area contributed by atoms with Crippen LogP contribution in [0.2, 0.25) is 5.02 Å². The van der Waals surface area contributed by atoms with Crippen molar-refractivity contribution in [3.8, 4) is 0 Å². The van der Waals surface area contributed by atoms with E-state index in [0.717, 1.165) is 0 Å². The molecule has 2 N–H and O–H groups in total. The molecule has 2 aromatic rings. The number of hydrogen-bond acceptors (Lipinski definition) is 3. The molecule has 0 saturated heterocycles. The molecule has 1 heterocycles. The number of rotatable bonds is 4. The largest absolute Gasteiger partial charge is 0.384 e. The lowest BCUT2D eigenvalue weighted by molar-refractivity contribution is 0.0527. The van der Waals surface area contributed by atoms with E-state index in [-0.39, 0.29) is 12.5 Å². The monoisotopic (exact) mass is 293 g/mol. The number of aryl methyl sites for hydroxylation is 1. The second-order valence-electron chi connectivity index (χ2n) is 4.84. The summed E-state index contributed by atoms with van der Waals surface area (Å²) in [7, 11) is 1.73. The molecule has 1 aromatic heterocycles. The first kappa shape index (κ1) is 14.6. The predicted octanol–water partition coefficient (Wildman–Crippen LogP) is 1.71. The zero-order chi connectivity index (χ0) is 14.8. The van der Waals surface area contributed by atoms with E-state index in [4.69, 9.17) is 11.6 Å². The Balaban J connectivity index is 2.06. The number of aromatic nitrogens is 2. The summed E-state index contributed by atoms with van der Waals surface area (Å²) in [6.07, 6.45) is 3.08. The number of nitrogens with zero attached hydrogens (tertiary/aromatic N) is 2. The molecule has 1 amide bonds. The van der Waals surface area contributed by atoms with Gasteiger partial charge in [0.1, 0.15) is 5.60 Å². The van der Waals surface area contributed by atoms with Crippen molar-refractivity contribution < 1.29 is 9.90 Å². The van der Waals surface area contributed by atoms with Gasteiger partial charge in [0.2, 0.25) is 0 Å². The van der Waals surface area contributed by atoms with Gasteiger partial charge in [0.25, 0.3) is 5.91 Å². The second kappa shape index (κ2) is 5.64. The van der Waals surface area contributed by atoms with Gasteiger partial charge in [-0.1, -0.05) is 29.8 Å². The van der Waals surface area contributed by atoms with Gasteiger partial charge >= 0.3 is 0 Å². The minimum absolute atomic E-state index is 0.0600. The van der Waals surface area contributed by atoms with Gasteiger partial charge in [0.05, 0.1) is 18.3 Å². The van der Waals surface area contributed by atoms with Crippen LogP contribution >= 0.6 is 11.6 Å². The van der Waals surface area contributed by atoms with E-state index in [1.165, 1.54) is 6.20 Å². The third-order valence-corrected chi connectivity index (χ3v) is 3.34. The first-order valence-corrected chi connectivity index (χ1v) is 6.52. The maximum absolute atomic E-state index is 11.9. The number of nitrogens with one attached hydrogen (secondary N) is 1. The molecule has 0 aliphatic heterocycles. The molecule has 1 atom stereocenters. The number of carbonyl (C=O) groups is 1. The van der Waals surface area contributed by atoms with Crippen LogP contribution in [0.4, 0.5) is 0 Å². The molecule has 0 radical (unpaired) electrons. The Morgan fingerprint density at radius 2 is 2.20 bits per heavy atom. The quantitative estimate of drug-likeness (QED) is 0.902. The molecular formula is C14H16ClN3O2. The molecule has 6 heteroatoms. The van der Waals surface area contributed by atoms with Gasteiger partial charge in [0.15, 0.2) is 0 Å². The standard InChI is InChI=1S/C14H16ClN3O2/c1-14(20,11-5-3-4-6-12(11)15)9-16-13(19)10-7-17-18(2)8-10/h3-8,20H,9H2,1-2H3,(H,16,19)/t14-/m0/s1. The van der Waals surface area contributed by atoms with Crippen LogP contribution < -0.4 is 5.32 Å². The summed E-state index contributed by atoms with van der Waals surface area (Å²) < 4.78 is 1.54. The first-order chi connectivity index (χ1) is 9.40. The highest BCUT2D eigenvalue weighted by molar-refractivity contribution is 6.31. The van der Waals surface area contributed by atoms with Gasteiger partial charge < -0.3 is 10.4 Å². The molecule has 0 fully saturated rings. The number of carbonyl (C=O) groups excluding carboxylic acids is 1. The lowest BCUT2D eigenvalue weighted by atomic mass is 9.96. The second-order valence-corrected chi connectivity index (χ2v) is 5.25. The molecule has 5 nitrogen and oxygen atoms in total. The fraction of sp³-hybridized carbons (Fsp3) is 0.286. The summed E-state index contributed by atoms with van der Waals surface area (Å²) in [5.74, 6) is -0.287. The van der Waals surface area contributed by atoms with E-state index in [1.54, 1.807) is 49.1 Å². The SMILES string of the molecule is Cn1cc(C(=O)NC[C@](C)(O)c2ccccc2Cl)cn1. The molecule has 1 aromatic carbocycles. The molecular weight excluding hydrogens is 278 g/mol. The molecule has 0 unspecified atom stereocenters. The van der Waals surface area contributed by atoms with Crippen LogP contribution in [0.5, 0.6) is 0 Å². The van der Waals surface area contributed by atoms with Gasteiger partial charge in [0, 0.05) is 23.8 Å². The number of amides is 1. The molecule has 0 aliphatic rings. The van der Waals surface area contributed by atoms with Crippen LogP contribution in [0, 0.1) is 0 Å². The van der Waals surface area contributed by atoms with Gasteiger partial charge in [-0.05, 0) is 13.0 Å².